The molecule has 2 aromatic heterocycles. The Bertz CT molecular complexity index is 1690. The number of methoxy groups -OCH3 is 1. The molecule has 2 N–H and O–H groups in total. The van der Waals surface area contributed by atoms with E-state index in [1.807, 2.05) is 62.4 Å². The number of nitrogens with one attached hydrogen (secondary N) is 2. The van der Waals surface area contributed by atoms with E-state index in [0.717, 1.165) is 29.5 Å². The third-order valence-electron chi connectivity index (χ3n) is 7.81. The number of urea groups is 1. The van der Waals surface area contributed by atoms with Gasteiger partial charge in [0.2, 0.25) is 5.91 Å². The Morgan fingerprint density at radius 1 is 1.14 bits per heavy atom. The van der Waals surface area contributed by atoms with Gasteiger partial charge in [-0.3, -0.25) is 14.5 Å². The summed E-state index contributed by atoms with van der Waals surface area (Å²) >= 11 is 1.24. The molecular weight excluding hydrogens is 566 g/mol. The summed E-state index contributed by atoms with van der Waals surface area (Å²) in [5, 5.41) is 6.78. The van der Waals surface area contributed by atoms with Gasteiger partial charge in [0.25, 0.3) is 5.91 Å². The molecule has 2 aliphatic heterocycles. The van der Waals surface area contributed by atoms with Gasteiger partial charge in [-0.15, -0.1) is 11.3 Å². The lowest BCUT2D eigenvalue weighted by molar-refractivity contribution is -0.134. The van der Waals surface area contributed by atoms with Gasteiger partial charge in [0, 0.05) is 32.4 Å². The second kappa shape index (κ2) is 12.0. The molecule has 43 heavy (non-hydrogen) atoms. The maximum absolute atomic E-state index is 13.6. The second-order valence-corrected chi connectivity index (χ2v) is 11.8. The van der Waals surface area contributed by atoms with Crippen molar-refractivity contribution in [3.8, 4) is 11.5 Å². The first-order valence-electron chi connectivity index (χ1n) is 14.3. The van der Waals surface area contributed by atoms with Crippen molar-refractivity contribution in [2.75, 3.05) is 30.4 Å². The molecule has 0 aliphatic carbocycles. The fraction of sp³-hybridized carbons (Fsp3) is 0.312. The largest absolute Gasteiger partial charge is 0.457 e. The van der Waals surface area contributed by atoms with Crippen molar-refractivity contribution in [1.82, 2.24) is 15.2 Å². The van der Waals surface area contributed by atoms with Crippen LogP contribution in [0.15, 0.2) is 60.8 Å². The summed E-state index contributed by atoms with van der Waals surface area (Å²) in [6.45, 7) is 4.89. The number of nitrogens with zero attached hydrogens (tertiary/aromatic N) is 3. The summed E-state index contributed by atoms with van der Waals surface area (Å²) in [5.74, 6) is 1.11. The molecule has 6 rings (SSSR count). The molecule has 10 nitrogen and oxygen atoms in total. The van der Waals surface area contributed by atoms with Gasteiger partial charge in [-0.2, -0.15) is 0 Å². The summed E-state index contributed by atoms with van der Waals surface area (Å²) in [5.41, 5.74) is 2.66. The minimum atomic E-state index is -0.367. The number of thiophene rings is 1. The standard InChI is InChI=1S/C32H33N5O5S/c1-19-16-23(42-22-9-5-4-6-10-22)11-12-24(19)37-25-13-14-33-31-27(25)28(35-32(37)40)29(43-31)30(39)34-21-8-7-15-36(18-21)26(38)17-20(2)41-3/h4-6,9-14,16,20-21H,7-8,15,17-18H2,1-3H3,(H,34,39)(H,35,40)/t20-,21?/m1/s1. The first-order chi connectivity index (χ1) is 20.8. The number of anilines is 3. The molecule has 1 unspecified atom stereocenters. The van der Waals surface area contributed by atoms with Crippen LogP contribution in [0.3, 0.4) is 0 Å². The number of hydrogen-bond acceptors (Lipinski definition) is 7. The van der Waals surface area contributed by atoms with E-state index in [0.29, 0.717) is 52.0 Å². The van der Waals surface area contributed by atoms with E-state index in [1.54, 1.807) is 29.2 Å². The lowest BCUT2D eigenvalue weighted by Crippen LogP contribution is -2.50. The van der Waals surface area contributed by atoms with Gasteiger partial charge in [-0.05, 0) is 68.7 Å². The molecule has 4 heterocycles. The molecule has 11 heteroatoms. The number of para-hydroxylation sites is 1. The Kier molecular flexibility index (Phi) is 8.00. The highest BCUT2D eigenvalue weighted by Crippen LogP contribution is 2.46. The molecule has 4 aromatic rings. The number of rotatable bonds is 8. The van der Waals surface area contributed by atoms with Crippen LogP contribution in [0.1, 0.15) is 41.4 Å². The molecule has 0 saturated carbocycles. The Morgan fingerprint density at radius 3 is 2.72 bits per heavy atom. The summed E-state index contributed by atoms with van der Waals surface area (Å²) in [6.07, 6.45) is 3.35. The average Bonchev–Trinajstić information content (AvgIpc) is 3.38. The predicted molar refractivity (Wildman–Crippen MR) is 167 cm³/mol. The fourth-order valence-corrected chi connectivity index (χ4v) is 6.60. The molecule has 1 fully saturated rings. The van der Waals surface area contributed by atoms with Gasteiger partial charge in [-0.25, -0.2) is 9.78 Å². The van der Waals surface area contributed by atoms with Crippen LogP contribution >= 0.6 is 11.3 Å². The molecule has 0 radical (unpaired) electrons. The molecule has 2 aliphatic rings. The Labute approximate surface area is 253 Å². The van der Waals surface area contributed by atoms with Gasteiger partial charge in [0.05, 0.1) is 35.0 Å². The number of carbonyl (C=O) groups excluding carboxylic acids is 3. The highest BCUT2D eigenvalue weighted by atomic mass is 32.1. The van der Waals surface area contributed by atoms with Crippen LogP contribution in [0.25, 0.3) is 10.2 Å². The van der Waals surface area contributed by atoms with Crippen molar-refractivity contribution in [2.24, 2.45) is 0 Å². The van der Waals surface area contributed by atoms with Crippen molar-refractivity contribution in [1.29, 1.82) is 0 Å². The van der Waals surface area contributed by atoms with Crippen molar-refractivity contribution < 1.29 is 23.9 Å². The average molecular weight is 600 g/mol. The topological polar surface area (TPSA) is 113 Å². The van der Waals surface area contributed by atoms with E-state index in [9.17, 15) is 14.4 Å². The van der Waals surface area contributed by atoms with Crippen LogP contribution < -0.4 is 20.3 Å². The molecule has 4 amide bonds. The van der Waals surface area contributed by atoms with E-state index >= 15 is 0 Å². The first kappa shape index (κ1) is 28.6. The maximum atomic E-state index is 13.6. The molecule has 222 valence electrons. The van der Waals surface area contributed by atoms with Gasteiger partial charge in [0.15, 0.2) is 0 Å². The van der Waals surface area contributed by atoms with Crippen LogP contribution in [-0.2, 0) is 9.53 Å². The monoisotopic (exact) mass is 599 g/mol. The highest BCUT2D eigenvalue weighted by Gasteiger charge is 2.34. The number of likely N-dealkylation sites (tertiary alicyclic amines) is 1. The molecule has 0 bridgehead atoms. The normalized spacial score (nSPS) is 17.0. The number of benzene rings is 2. The molecule has 1 saturated heterocycles. The molecular formula is C32H33N5O5S. The van der Waals surface area contributed by atoms with Crippen LogP contribution in [-0.4, -0.2) is 60.1 Å². The number of aromatic nitrogens is 1. The smallest absolute Gasteiger partial charge is 0.331 e. The van der Waals surface area contributed by atoms with Crippen LogP contribution in [0.2, 0.25) is 0 Å². The summed E-state index contributed by atoms with van der Waals surface area (Å²) in [6, 6.07) is 16.3. The fourth-order valence-electron chi connectivity index (χ4n) is 5.58. The third kappa shape index (κ3) is 5.78. The number of carbonyl (C=O) groups is 3. The van der Waals surface area contributed by atoms with Crippen LogP contribution in [0, 0.1) is 6.92 Å². The highest BCUT2D eigenvalue weighted by molar-refractivity contribution is 7.21. The second-order valence-electron chi connectivity index (χ2n) is 10.8. The van der Waals surface area contributed by atoms with Crippen LogP contribution in [0.5, 0.6) is 11.5 Å². The summed E-state index contributed by atoms with van der Waals surface area (Å²) in [4.78, 5) is 48.8. The number of aryl methyl sites for hydroxylation is 1. The number of pyridine rings is 1. The van der Waals surface area contributed by atoms with Gasteiger partial charge in [-0.1, -0.05) is 18.2 Å². The maximum Gasteiger partial charge on any atom is 0.331 e. The van der Waals surface area contributed by atoms with Crippen molar-refractivity contribution in [3.05, 3.63) is 71.2 Å². The van der Waals surface area contributed by atoms with Crippen molar-refractivity contribution in [2.45, 2.75) is 45.3 Å². The van der Waals surface area contributed by atoms with Gasteiger partial charge >= 0.3 is 6.03 Å². The zero-order valence-electron chi connectivity index (χ0n) is 24.3. The molecule has 0 spiro atoms. The van der Waals surface area contributed by atoms with Gasteiger partial charge in [0.1, 0.15) is 21.2 Å². The molecule has 2 atom stereocenters. The number of ether oxygens (including phenoxy) is 2. The lowest BCUT2D eigenvalue weighted by Gasteiger charge is -2.34. The Morgan fingerprint density at radius 2 is 1.95 bits per heavy atom. The first-order valence-corrected chi connectivity index (χ1v) is 15.1. The summed E-state index contributed by atoms with van der Waals surface area (Å²) in [7, 11) is 1.59. The van der Waals surface area contributed by atoms with E-state index in [4.69, 9.17) is 9.47 Å². The number of hydrogen-bond donors (Lipinski definition) is 2. The van der Waals surface area contributed by atoms with E-state index in [-0.39, 0.29) is 30.0 Å². The Balaban J connectivity index is 1.24. The number of amides is 4. The van der Waals surface area contributed by atoms with E-state index < -0.39 is 0 Å². The molecule has 2 aromatic carbocycles. The quantitative estimate of drug-likeness (QED) is 0.248. The predicted octanol–water partition coefficient (Wildman–Crippen LogP) is 6.23. The van der Waals surface area contributed by atoms with Gasteiger partial charge < -0.3 is 25.0 Å². The number of piperidine rings is 1. The van der Waals surface area contributed by atoms with Crippen molar-refractivity contribution in [3.63, 3.8) is 0 Å². The minimum absolute atomic E-state index is 0.0152. The zero-order valence-corrected chi connectivity index (χ0v) is 25.1. The summed E-state index contributed by atoms with van der Waals surface area (Å²) < 4.78 is 11.2. The van der Waals surface area contributed by atoms with Crippen molar-refractivity contribution >= 4 is 56.5 Å². The van der Waals surface area contributed by atoms with E-state index in [1.165, 1.54) is 11.3 Å². The lowest BCUT2D eigenvalue weighted by atomic mass is 10.0. The van der Waals surface area contributed by atoms with E-state index in [2.05, 4.69) is 15.6 Å². The Hall–Kier alpha value is -4.48. The SMILES string of the molecule is CO[C@H](C)CC(=O)N1CCCC(NC(=O)c2sc3nccc4c3c2NC(=O)N4c2ccc(Oc3ccccc3)cc2C)C1. The third-order valence-corrected chi connectivity index (χ3v) is 8.91. The minimum Gasteiger partial charge on any atom is -0.457 e. The van der Waals surface area contributed by atoms with Crippen LogP contribution in [0.4, 0.5) is 21.9 Å². The zero-order chi connectivity index (χ0) is 30.1.